The van der Waals surface area contributed by atoms with Crippen molar-refractivity contribution >= 4 is 34.1 Å². The predicted molar refractivity (Wildman–Crippen MR) is 75.3 cm³/mol. The lowest BCUT2D eigenvalue weighted by molar-refractivity contribution is -0.126. The summed E-state index contributed by atoms with van der Waals surface area (Å²) in [5, 5.41) is 3.14. The van der Waals surface area contributed by atoms with Crippen LogP contribution in [0.3, 0.4) is 0 Å². The van der Waals surface area contributed by atoms with Crippen molar-refractivity contribution < 1.29 is 19.1 Å². The van der Waals surface area contributed by atoms with E-state index in [0.29, 0.717) is 5.13 Å². The Hall–Kier alpha value is -1.96. The van der Waals surface area contributed by atoms with Gasteiger partial charge >= 0.3 is 5.97 Å². The third-order valence-corrected chi connectivity index (χ3v) is 3.42. The fourth-order valence-electron chi connectivity index (χ4n) is 1.28. The summed E-state index contributed by atoms with van der Waals surface area (Å²) in [6.45, 7) is 3.27. The van der Waals surface area contributed by atoms with Gasteiger partial charge in [-0.2, -0.15) is 0 Å². The van der Waals surface area contributed by atoms with Crippen LogP contribution in [0, 0.1) is 0 Å². The Morgan fingerprint density at radius 1 is 1.35 bits per heavy atom. The zero-order valence-corrected chi connectivity index (χ0v) is 12.7. The average molecular weight is 299 g/mol. The minimum atomic E-state index is -0.638. The number of Topliss-reactive ketones (excluding diaryl/α,β-unsaturated/α-hetero) is 1. The van der Waals surface area contributed by atoms with Gasteiger partial charge in [-0.15, -0.1) is 0 Å². The zero-order chi connectivity index (χ0) is 15.3. The number of nitrogens with zero attached hydrogens (tertiary/aromatic N) is 2. The van der Waals surface area contributed by atoms with Crippen molar-refractivity contribution in [2.75, 3.05) is 32.6 Å². The van der Waals surface area contributed by atoms with Crippen LogP contribution in [-0.4, -0.2) is 54.8 Å². The molecule has 0 bridgehead atoms. The normalized spacial score (nSPS) is 10.0. The van der Waals surface area contributed by atoms with Gasteiger partial charge < -0.3 is 15.0 Å². The Kier molecular flexibility index (Phi) is 5.63. The van der Waals surface area contributed by atoms with Gasteiger partial charge in [-0.3, -0.25) is 9.59 Å². The lowest BCUT2D eigenvalue weighted by atomic mass is 10.3. The number of ether oxygens (including phenoxy) is 1. The standard InChI is InChI=1S/C12H17N3O4S/c1-5-19-11(18)9-10(7(2)16)20-12(14-9)13-6-8(17)15(3)4/h5-6H2,1-4H3,(H,13,14). The molecule has 1 rings (SSSR count). The molecule has 0 atom stereocenters. The van der Waals surface area contributed by atoms with Crippen molar-refractivity contribution in [3.05, 3.63) is 10.6 Å². The van der Waals surface area contributed by atoms with Crippen molar-refractivity contribution in [3.8, 4) is 0 Å². The number of hydrogen-bond acceptors (Lipinski definition) is 7. The molecule has 0 aliphatic rings. The van der Waals surface area contributed by atoms with Crippen molar-refractivity contribution in [2.24, 2.45) is 0 Å². The van der Waals surface area contributed by atoms with Crippen molar-refractivity contribution in [1.29, 1.82) is 0 Å². The van der Waals surface area contributed by atoms with Crippen molar-refractivity contribution in [3.63, 3.8) is 0 Å². The van der Waals surface area contributed by atoms with Gasteiger partial charge in [0.25, 0.3) is 0 Å². The van der Waals surface area contributed by atoms with Gasteiger partial charge in [-0.05, 0) is 6.92 Å². The molecule has 7 nitrogen and oxygen atoms in total. The number of aromatic nitrogens is 1. The van der Waals surface area contributed by atoms with Gasteiger partial charge in [0.2, 0.25) is 5.91 Å². The van der Waals surface area contributed by atoms with Gasteiger partial charge in [-0.25, -0.2) is 9.78 Å². The molecular formula is C12H17N3O4S. The molecule has 0 aromatic carbocycles. The predicted octanol–water partition coefficient (Wildman–Crippen LogP) is 1.02. The maximum Gasteiger partial charge on any atom is 0.358 e. The summed E-state index contributed by atoms with van der Waals surface area (Å²) in [6, 6.07) is 0. The second kappa shape index (κ2) is 6.99. The molecule has 0 unspecified atom stereocenters. The fourth-order valence-corrected chi connectivity index (χ4v) is 2.13. The Morgan fingerprint density at radius 3 is 2.50 bits per heavy atom. The maximum atomic E-state index is 11.7. The first-order valence-corrected chi connectivity index (χ1v) is 6.81. The SMILES string of the molecule is CCOC(=O)c1nc(NCC(=O)N(C)C)sc1C(C)=O. The van der Waals surface area contributed by atoms with Gasteiger partial charge in [-0.1, -0.05) is 11.3 Å². The van der Waals surface area contributed by atoms with Crippen LogP contribution in [0.25, 0.3) is 0 Å². The highest BCUT2D eigenvalue weighted by atomic mass is 32.1. The van der Waals surface area contributed by atoms with E-state index in [4.69, 9.17) is 4.74 Å². The summed E-state index contributed by atoms with van der Waals surface area (Å²) in [5.74, 6) is -1.04. The second-order valence-electron chi connectivity index (χ2n) is 4.12. The molecule has 1 N–H and O–H groups in total. The Balaban J connectivity index is 2.89. The molecular weight excluding hydrogens is 282 g/mol. The number of anilines is 1. The number of likely N-dealkylation sites (N-methyl/N-ethyl adjacent to an activating group) is 1. The van der Waals surface area contributed by atoms with Gasteiger partial charge in [0.15, 0.2) is 16.6 Å². The lowest BCUT2D eigenvalue weighted by Crippen LogP contribution is -2.28. The molecule has 1 aromatic heterocycles. The summed E-state index contributed by atoms with van der Waals surface area (Å²) in [6.07, 6.45) is 0. The summed E-state index contributed by atoms with van der Waals surface area (Å²) < 4.78 is 4.85. The molecule has 1 amide bonds. The third kappa shape index (κ3) is 4.02. The number of carbonyl (C=O) groups excluding carboxylic acids is 3. The minimum Gasteiger partial charge on any atom is -0.461 e. The first-order valence-electron chi connectivity index (χ1n) is 5.99. The molecule has 1 heterocycles. The van der Waals surface area contributed by atoms with Crippen LogP contribution >= 0.6 is 11.3 Å². The Labute approximate surface area is 120 Å². The molecule has 0 aliphatic heterocycles. The average Bonchev–Trinajstić information content (AvgIpc) is 2.80. The highest BCUT2D eigenvalue weighted by molar-refractivity contribution is 7.17. The number of nitrogens with one attached hydrogen (secondary N) is 1. The quantitative estimate of drug-likeness (QED) is 0.623. The van der Waals surface area contributed by atoms with Crippen LogP contribution in [0.5, 0.6) is 0 Å². The molecule has 0 radical (unpaired) electrons. The van der Waals surface area contributed by atoms with Gasteiger partial charge in [0, 0.05) is 21.0 Å². The fraction of sp³-hybridized carbons (Fsp3) is 0.500. The smallest absolute Gasteiger partial charge is 0.358 e. The van der Waals surface area contributed by atoms with Crippen LogP contribution in [0.15, 0.2) is 0 Å². The van der Waals surface area contributed by atoms with Crippen molar-refractivity contribution in [2.45, 2.75) is 13.8 Å². The molecule has 0 saturated carbocycles. The van der Waals surface area contributed by atoms with E-state index in [0.717, 1.165) is 11.3 Å². The molecule has 20 heavy (non-hydrogen) atoms. The molecule has 0 saturated heterocycles. The lowest BCUT2D eigenvalue weighted by Gasteiger charge is -2.09. The van der Waals surface area contributed by atoms with Crippen molar-refractivity contribution in [1.82, 2.24) is 9.88 Å². The molecule has 8 heteroatoms. The number of rotatable bonds is 6. The number of hydrogen-bond donors (Lipinski definition) is 1. The molecule has 0 aliphatic carbocycles. The first-order chi connectivity index (χ1) is 9.36. The third-order valence-electron chi connectivity index (χ3n) is 2.31. The largest absolute Gasteiger partial charge is 0.461 e. The zero-order valence-electron chi connectivity index (χ0n) is 11.8. The highest BCUT2D eigenvalue weighted by Gasteiger charge is 2.22. The number of ketones is 1. The van der Waals surface area contributed by atoms with E-state index in [1.165, 1.54) is 11.8 Å². The monoisotopic (exact) mass is 299 g/mol. The topological polar surface area (TPSA) is 88.6 Å². The van der Waals surface area contributed by atoms with Gasteiger partial charge in [0.1, 0.15) is 4.88 Å². The number of amides is 1. The van der Waals surface area contributed by atoms with Crippen LogP contribution in [0.1, 0.15) is 34.0 Å². The second-order valence-corrected chi connectivity index (χ2v) is 5.11. The summed E-state index contributed by atoms with van der Waals surface area (Å²) >= 11 is 1.03. The number of thiazole rings is 1. The van der Waals surface area contributed by atoms with E-state index >= 15 is 0 Å². The van der Waals surface area contributed by atoms with E-state index in [1.54, 1.807) is 21.0 Å². The van der Waals surface area contributed by atoms with Crippen LogP contribution in [0.4, 0.5) is 5.13 Å². The molecule has 0 fully saturated rings. The summed E-state index contributed by atoms with van der Waals surface area (Å²) in [5.41, 5.74) is -0.0100. The number of esters is 1. The Morgan fingerprint density at radius 2 is 2.00 bits per heavy atom. The first kappa shape index (κ1) is 16.1. The molecule has 1 aromatic rings. The summed E-state index contributed by atoms with van der Waals surface area (Å²) in [7, 11) is 3.27. The Bertz CT molecular complexity index is 525. The van der Waals surface area contributed by atoms with E-state index in [1.807, 2.05) is 0 Å². The molecule has 0 spiro atoms. The molecule has 110 valence electrons. The highest BCUT2D eigenvalue weighted by Crippen LogP contribution is 2.24. The van der Waals surface area contributed by atoms with Gasteiger partial charge in [0.05, 0.1) is 13.2 Å². The minimum absolute atomic E-state index is 0.0100. The summed E-state index contributed by atoms with van der Waals surface area (Å²) in [4.78, 5) is 40.3. The number of carbonyl (C=O) groups is 3. The van der Waals surface area contributed by atoms with E-state index in [2.05, 4.69) is 10.3 Å². The van der Waals surface area contributed by atoms with E-state index < -0.39 is 5.97 Å². The van der Waals surface area contributed by atoms with Crippen LogP contribution in [0.2, 0.25) is 0 Å². The maximum absolute atomic E-state index is 11.7. The van der Waals surface area contributed by atoms with E-state index in [-0.39, 0.29) is 35.4 Å². The van der Waals surface area contributed by atoms with Crippen LogP contribution in [-0.2, 0) is 9.53 Å². The van der Waals surface area contributed by atoms with Crippen LogP contribution < -0.4 is 5.32 Å². The van der Waals surface area contributed by atoms with E-state index in [9.17, 15) is 14.4 Å².